The average Bonchev–Trinajstić information content (AvgIpc) is 3.07. The highest BCUT2D eigenvalue weighted by molar-refractivity contribution is 7.13. The second-order valence-corrected chi connectivity index (χ2v) is 6.36. The van der Waals surface area contributed by atoms with Gasteiger partial charge in [0.05, 0.1) is 4.88 Å². The van der Waals surface area contributed by atoms with Gasteiger partial charge in [-0.3, -0.25) is 0 Å². The van der Waals surface area contributed by atoms with Crippen molar-refractivity contribution in [3.05, 3.63) is 64.8 Å². The van der Waals surface area contributed by atoms with Gasteiger partial charge < -0.3 is 10.3 Å². The molecule has 1 atom stereocenters. The molecule has 1 unspecified atom stereocenters. The first-order valence-corrected chi connectivity index (χ1v) is 7.90. The van der Waals surface area contributed by atoms with Crippen LogP contribution in [-0.2, 0) is 6.54 Å². The molecule has 0 aliphatic rings. The summed E-state index contributed by atoms with van der Waals surface area (Å²) in [7, 11) is 0. The maximum Gasteiger partial charge on any atom is 0.150 e. The Bertz CT molecular complexity index is 708. The fraction of sp³-hybridized carbons (Fsp3) is 0.235. The zero-order chi connectivity index (χ0) is 14.8. The summed E-state index contributed by atoms with van der Waals surface area (Å²) in [5, 5.41) is 2.07. The topological polar surface area (TPSA) is 43.8 Å². The molecule has 0 radical (unpaired) electrons. The Hall–Kier alpha value is -1.91. The molecule has 3 aromatic rings. The molecule has 21 heavy (non-hydrogen) atoms. The van der Waals surface area contributed by atoms with Gasteiger partial charge in [-0.2, -0.15) is 0 Å². The van der Waals surface area contributed by atoms with Crippen LogP contribution in [0, 0.1) is 13.8 Å². The third-order valence-electron chi connectivity index (χ3n) is 3.52. The molecular formula is C17H19N3S. The van der Waals surface area contributed by atoms with E-state index in [0.717, 1.165) is 12.4 Å². The molecule has 0 aliphatic carbocycles. The van der Waals surface area contributed by atoms with Gasteiger partial charge in [-0.1, -0.05) is 35.4 Å². The lowest BCUT2D eigenvalue weighted by atomic mass is 10.0. The first-order chi connectivity index (χ1) is 10.1. The first-order valence-electron chi connectivity index (χ1n) is 7.02. The normalized spacial score (nSPS) is 12.5. The van der Waals surface area contributed by atoms with Gasteiger partial charge in [-0.25, -0.2) is 4.98 Å². The number of nitrogens with two attached hydrogens (primary N) is 1. The highest BCUT2D eigenvalue weighted by Crippen LogP contribution is 2.25. The van der Waals surface area contributed by atoms with Crippen LogP contribution < -0.4 is 5.73 Å². The van der Waals surface area contributed by atoms with Crippen molar-refractivity contribution in [3.8, 4) is 10.7 Å². The second-order valence-electron chi connectivity index (χ2n) is 5.41. The number of imidazole rings is 1. The molecule has 2 heterocycles. The summed E-state index contributed by atoms with van der Waals surface area (Å²) in [4.78, 5) is 5.63. The number of aryl methyl sites for hydroxylation is 2. The Balaban J connectivity index is 1.85. The van der Waals surface area contributed by atoms with Gasteiger partial charge in [0, 0.05) is 25.0 Å². The minimum atomic E-state index is -0.0310. The number of hydrogen-bond acceptors (Lipinski definition) is 3. The predicted octanol–water partition coefficient (Wildman–Crippen LogP) is 3.93. The number of thiophene rings is 1. The highest BCUT2D eigenvalue weighted by atomic mass is 32.1. The van der Waals surface area contributed by atoms with E-state index in [2.05, 4.69) is 53.0 Å². The van der Waals surface area contributed by atoms with E-state index in [-0.39, 0.29) is 6.04 Å². The summed E-state index contributed by atoms with van der Waals surface area (Å²) in [5.74, 6) is 0.991. The fourth-order valence-corrected chi connectivity index (χ4v) is 3.36. The van der Waals surface area contributed by atoms with E-state index in [1.807, 2.05) is 18.5 Å². The molecule has 3 nitrogen and oxygen atoms in total. The predicted molar refractivity (Wildman–Crippen MR) is 88.4 cm³/mol. The Kier molecular flexibility index (Phi) is 3.90. The van der Waals surface area contributed by atoms with Crippen molar-refractivity contribution in [3.63, 3.8) is 0 Å². The zero-order valence-electron chi connectivity index (χ0n) is 12.3. The number of benzene rings is 1. The molecule has 0 spiro atoms. The molecule has 3 rings (SSSR count). The van der Waals surface area contributed by atoms with Crippen molar-refractivity contribution in [2.45, 2.75) is 26.4 Å². The molecule has 2 N–H and O–H groups in total. The van der Waals surface area contributed by atoms with E-state index in [1.165, 1.54) is 21.6 Å². The molecule has 0 saturated heterocycles. The maximum absolute atomic E-state index is 6.40. The fourth-order valence-electron chi connectivity index (χ4n) is 2.63. The van der Waals surface area contributed by atoms with E-state index in [1.54, 1.807) is 11.3 Å². The smallest absolute Gasteiger partial charge is 0.150 e. The van der Waals surface area contributed by atoms with E-state index in [4.69, 9.17) is 5.73 Å². The van der Waals surface area contributed by atoms with Crippen molar-refractivity contribution >= 4 is 11.3 Å². The van der Waals surface area contributed by atoms with Crippen molar-refractivity contribution < 1.29 is 0 Å². The van der Waals surface area contributed by atoms with Crippen LogP contribution in [0.5, 0.6) is 0 Å². The van der Waals surface area contributed by atoms with E-state index in [9.17, 15) is 0 Å². The van der Waals surface area contributed by atoms with Crippen LogP contribution in [0.3, 0.4) is 0 Å². The van der Waals surface area contributed by atoms with Crippen LogP contribution in [0.25, 0.3) is 10.7 Å². The lowest BCUT2D eigenvalue weighted by molar-refractivity contribution is 0.581. The number of aromatic nitrogens is 2. The molecular weight excluding hydrogens is 278 g/mol. The third kappa shape index (κ3) is 3.06. The summed E-state index contributed by atoms with van der Waals surface area (Å²) in [6.45, 7) is 4.95. The lowest BCUT2D eigenvalue weighted by Crippen LogP contribution is -2.18. The molecule has 0 saturated carbocycles. The summed E-state index contributed by atoms with van der Waals surface area (Å²) in [5.41, 5.74) is 10.1. The third-order valence-corrected chi connectivity index (χ3v) is 4.39. The quantitative estimate of drug-likeness (QED) is 0.793. The molecule has 0 amide bonds. The van der Waals surface area contributed by atoms with Gasteiger partial charge in [0.25, 0.3) is 0 Å². The van der Waals surface area contributed by atoms with Crippen LogP contribution in [0.2, 0.25) is 0 Å². The van der Waals surface area contributed by atoms with Crippen molar-refractivity contribution in [2.24, 2.45) is 5.73 Å². The minimum Gasteiger partial charge on any atom is -0.328 e. The Labute approximate surface area is 129 Å². The average molecular weight is 297 g/mol. The molecule has 108 valence electrons. The second kappa shape index (κ2) is 5.84. The molecule has 0 bridgehead atoms. The van der Waals surface area contributed by atoms with Crippen molar-refractivity contribution in [1.82, 2.24) is 9.55 Å². The van der Waals surface area contributed by atoms with E-state index < -0.39 is 0 Å². The summed E-state index contributed by atoms with van der Waals surface area (Å²) >= 11 is 1.70. The standard InChI is InChI=1S/C17H19N3S/c1-12-8-13(2)10-14(9-12)15(18)11-20-6-5-19-17(20)16-4-3-7-21-16/h3-10,15H,11,18H2,1-2H3. The van der Waals surface area contributed by atoms with Crippen LogP contribution in [-0.4, -0.2) is 9.55 Å². The van der Waals surface area contributed by atoms with Crippen molar-refractivity contribution in [1.29, 1.82) is 0 Å². The summed E-state index contributed by atoms with van der Waals surface area (Å²) < 4.78 is 2.13. The molecule has 1 aromatic carbocycles. The molecule has 2 aromatic heterocycles. The van der Waals surface area contributed by atoms with E-state index >= 15 is 0 Å². The summed E-state index contributed by atoms with van der Waals surface area (Å²) in [6, 6.07) is 10.6. The van der Waals surface area contributed by atoms with Crippen molar-refractivity contribution in [2.75, 3.05) is 0 Å². The lowest BCUT2D eigenvalue weighted by Gasteiger charge is -2.16. The van der Waals surface area contributed by atoms with Gasteiger partial charge in [0.1, 0.15) is 5.82 Å². The first kappa shape index (κ1) is 14.0. The molecule has 4 heteroatoms. The maximum atomic E-state index is 6.40. The Morgan fingerprint density at radius 2 is 2.00 bits per heavy atom. The SMILES string of the molecule is Cc1cc(C)cc(C(N)Cn2ccnc2-c2cccs2)c1. The number of hydrogen-bond donors (Lipinski definition) is 1. The highest BCUT2D eigenvalue weighted by Gasteiger charge is 2.12. The van der Waals surface area contributed by atoms with Crippen LogP contribution in [0.4, 0.5) is 0 Å². The van der Waals surface area contributed by atoms with Crippen LogP contribution in [0.15, 0.2) is 48.1 Å². The largest absolute Gasteiger partial charge is 0.328 e. The van der Waals surface area contributed by atoms with Crippen LogP contribution >= 0.6 is 11.3 Å². The van der Waals surface area contributed by atoms with Gasteiger partial charge in [-0.15, -0.1) is 11.3 Å². The van der Waals surface area contributed by atoms with E-state index in [0.29, 0.717) is 0 Å². The number of rotatable bonds is 4. The van der Waals surface area contributed by atoms with Gasteiger partial charge in [0.2, 0.25) is 0 Å². The van der Waals surface area contributed by atoms with Crippen LogP contribution in [0.1, 0.15) is 22.7 Å². The van der Waals surface area contributed by atoms with Gasteiger partial charge in [-0.05, 0) is 30.9 Å². The number of nitrogens with zero attached hydrogens (tertiary/aromatic N) is 2. The zero-order valence-corrected chi connectivity index (χ0v) is 13.1. The monoisotopic (exact) mass is 297 g/mol. The minimum absolute atomic E-state index is 0.0310. The molecule has 0 fully saturated rings. The summed E-state index contributed by atoms with van der Waals surface area (Å²) in [6.07, 6.45) is 3.83. The molecule has 0 aliphatic heterocycles. The van der Waals surface area contributed by atoms with Gasteiger partial charge in [0.15, 0.2) is 0 Å². The van der Waals surface area contributed by atoms with Gasteiger partial charge >= 0.3 is 0 Å². The Morgan fingerprint density at radius 1 is 1.24 bits per heavy atom. The Morgan fingerprint density at radius 3 is 2.67 bits per heavy atom.